The number of hydrogen-bond donors (Lipinski definition) is 3. The van der Waals surface area contributed by atoms with Gasteiger partial charge in [0.25, 0.3) is 5.91 Å². The molecule has 0 aliphatic carbocycles. The van der Waals surface area contributed by atoms with Gasteiger partial charge in [-0.25, -0.2) is 4.79 Å². The third-order valence-corrected chi connectivity index (χ3v) is 4.22. The first-order valence-electron chi connectivity index (χ1n) is 9.88. The Balaban J connectivity index is 2.56. The van der Waals surface area contributed by atoms with Crippen LogP contribution in [0.1, 0.15) is 63.7 Å². The normalized spacial score (nSPS) is 12.2. The van der Waals surface area contributed by atoms with Crippen molar-refractivity contribution in [1.29, 1.82) is 0 Å². The maximum atomic E-state index is 12.4. The third kappa shape index (κ3) is 8.06. The van der Waals surface area contributed by atoms with Crippen LogP contribution in [0.4, 0.5) is 16.2 Å². The molecule has 7 nitrogen and oxygen atoms in total. The molecule has 7 heteroatoms. The molecule has 1 aromatic carbocycles. The van der Waals surface area contributed by atoms with Crippen molar-refractivity contribution in [3.63, 3.8) is 0 Å². The Labute approximate surface area is 169 Å². The number of nitrogens with one attached hydrogen (secondary N) is 2. The number of nitrogens with two attached hydrogens (primary N) is 1. The number of anilines is 2. The van der Waals surface area contributed by atoms with E-state index in [-0.39, 0.29) is 18.0 Å². The molecule has 4 N–H and O–H groups in total. The number of alkyl carbamates (subject to hydrolysis) is 1. The Kier molecular flexibility index (Phi) is 9.09. The maximum Gasteiger partial charge on any atom is 0.407 e. The highest BCUT2D eigenvalue weighted by molar-refractivity contribution is 6.02. The molecule has 0 aliphatic heterocycles. The number of amides is 2. The molecule has 0 heterocycles. The second-order valence-corrected chi connectivity index (χ2v) is 8.14. The van der Waals surface area contributed by atoms with Crippen molar-refractivity contribution in [2.75, 3.05) is 31.7 Å². The maximum absolute atomic E-state index is 12.4. The fourth-order valence-corrected chi connectivity index (χ4v) is 2.75. The summed E-state index contributed by atoms with van der Waals surface area (Å²) in [5.74, 6) is -0.0776. The van der Waals surface area contributed by atoms with Gasteiger partial charge in [-0.15, -0.1) is 0 Å². The summed E-state index contributed by atoms with van der Waals surface area (Å²) in [5.41, 5.74) is 7.48. The van der Waals surface area contributed by atoms with Crippen LogP contribution in [0, 0.1) is 0 Å². The molecule has 0 spiro atoms. The van der Waals surface area contributed by atoms with Crippen LogP contribution in [0.3, 0.4) is 0 Å². The molecular weight excluding hydrogens is 356 g/mol. The fourth-order valence-electron chi connectivity index (χ4n) is 2.75. The highest BCUT2D eigenvalue weighted by Crippen LogP contribution is 2.26. The number of carbonyl (C=O) groups is 2. The number of rotatable bonds is 9. The van der Waals surface area contributed by atoms with Crippen LogP contribution in [0.5, 0.6) is 0 Å². The minimum absolute atomic E-state index is 0.0776. The van der Waals surface area contributed by atoms with Gasteiger partial charge in [-0.05, 0) is 58.6 Å². The monoisotopic (exact) mass is 392 g/mol. The van der Waals surface area contributed by atoms with Crippen molar-refractivity contribution in [2.24, 2.45) is 0 Å². The van der Waals surface area contributed by atoms with Gasteiger partial charge in [-0.1, -0.05) is 13.0 Å². The summed E-state index contributed by atoms with van der Waals surface area (Å²) < 4.78 is 5.22. The van der Waals surface area contributed by atoms with E-state index in [9.17, 15) is 9.59 Å². The lowest BCUT2D eigenvalue weighted by atomic mass is 10.0. The number of ether oxygens (including phenoxy) is 1. The van der Waals surface area contributed by atoms with Crippen LogP contribution in [-0.4, -0.2) is 49.2 Å². The van der Waals surface area contributed by atoms with Crippen LogP contribution < -0.4 is 16.4 Å². The van der Waals surface area contributed by atoms with Gasteiger partial charge < -0.3 is 26.0 Å². The standard InChI is InChI=1S/C21H36N4O3/c1-7-15(11-8-9-14-23-20(27)28-21(2,3)4)24-18-16(19(26)25(5)6)12-10-13-17(18)22/h10,12-13,15,24H,7-9,11,14,22H2,1-6H3,(H,23,27). The molecule has 1 unspecified atom stereocenters. The van der Waals surface area contributed by atoms with Gasteiger partial charge in [-0.3, -0.25) is 4.79 Å². The lowest BCUT2D eigenvalue weighted by Gasteiger charge is -2.23. The molecule has 0 fully saturated rings. The number of unbranched alkanes of at least 4 members (excludes halogenated alkanes) is 1. The molecule has 0 saturated carbocycles. The van der Waals surface area contributed by atoms with E-state index < -0.39 is 5.60 Å². The average Bonchev–Trinajstić information content (AvgIpc) is 2.59. The molecule has 158 valence electrons. The number of hydrogen-bond acceptors (Lipinski definition) is 5. The summed E-state index contributed by atoms with van der Waals surface area (Å²) in [4.78, 5) is 25.6. The van der Waals surface area contributed by atoms with Gasteiger partial charge in [0.2, 0.25) is 0 Å². The smallest absolute Gasteiger partial charge is 0.407 e. The zero-order chi connectivity index (χ0) is 21.3. The Morgan fingerprint density at radius 2 is 1.89 bits per heavy atom. The van der Waals surface area contributed by atoms with Crippen molar-refractivity contribution in [2.45, 2.75) is 65.0 Å². The minimum Gasteiger partial charge on any atom is -0.444 e. The Morgan fingerprint density at radius 1 is 1.21 bits per heavy atom. The minimum atomic E-state index is -0.487. The van der Waals surface area contributed by atoms with E-state index in [2.05, 4.69) is 17.6 Å². The molecule has 1 aromatic rings. The summed E-state index contributed by atoms with van der Waals surface area (Å²) in [5, 5.41) is 6.22. The SMILES string of the molecule is CCC(CCCCNC(=O)OC(C)(C)C)Nc1c(N)cccc1C(=O)N(C)C. The van der Waals surface area contributed by atoms with Crippen molar-refractivity contribution >= 4 is 23.4 Å². The van der Waals surface area contributed by atoms with E-state index in [1.54, 1.807) is 37.2 Å². The van der Waals surface area contributed by atoms with Crippen molar-refractivity contribution in [1.82, 2.24) is 10.2 Å². The predicted octanol–water partition coefficient (Wildman–Crippen LogP) is 3.86. The molecule has 0 bridgehead atoms. The largest absolute Gasteiger partial charge is 0.444 e. The van der Waals surface area contributed by atoms with E-state index in [0.717, 1.165) is 25.7 Å². The van der Waals surface area contributed by atoms with Gasteiger partial charge >= 0.3 is 6.09 Å². The second kappa shape index (κ2) is 10.8. The number of carbonyl (C=O) groups excluding carboxylic acids is 2. The van der Waals surface area contributed by atoms with E-state index in [0.29, 0.717) is 23.5 Å². The Morgan fingerprint density at radius 3 is 2.46 bits per heavy atom. The lowest BCUT2D eigenvalue weighted by molar-refractivity contribution is 0.0526. The molecule has 0 saturated heterocycles. The van der Waals surface area contributed by atoms with Gasteiger partial charge in [0.15, 0.2) is 0 Å². The first-order valence-corrected chi connectivity index (χ1v) is 9.88. The number of nitrogen functional groups attached to an aromatic ring is 1. The quantitative estimate of drug-likeness (QED) is 0.438. The van der Waals surface area contributed by atoms with Crippen LogP contribution in [0.15, 0.2) is 18.2 Å². The average molecular weight is 393 g/mol. The summed E-state index contributed by atoms with van der Waals surface area (Å²) in [7, 11) is 3.45. The summed E-state index contributed by atoms with van der Waals surface area (Å²) in [6, 6.07) is 5.57. The predicted molar refractivity (Wildman–Crippen MR) is 115 cm³/mol. The highest BCUT2D eigenvalue weighted by atomic mass is 16.6. The Hall–Kier alpha value is -2.44. The van der Waals surface area contributed by atoms with Crippen molar-refractivity contribution < 1.29 is 14.3 Å². The van der Waals surface area contributed by atoms with Gasteiger partial charge in [-0.2, -0.15) is 0 Å². The highest BCUT2D eigenvalue weighted by Gasteiger charge is 2.18. The van der Waals surface area contributed by atoms with Crippen LogP contribution >= 0.6 is 0 Å². The molecule has 0 aromatic heterocycles. The fraction of sp³-hybridized carbons (Fsp3) is 0.619. The first-order chi connectivity index (χ1) is 13.0. The van der Waals surface area contributed by atoms with Gasteiger partial charge in [0, 0.05) is 26.7 Å². The van der Waals surface area contributed by atoms with Crippen LogP contribution in [-0.2, 0) is 4.74 Å². The van der Waals surface area contributed by atoms with E-state index in [1.807, 2.05) is 20.8 Å². The van der Waals surface area contributed by atoms with Crippen LogP contribution in [0.2, 0.25) is 0 Å². The first kappa shape index (κ1) is 23.6. The number of para-hydroxylation sites is 1. The second-order valence-electron chi connectivity index (χ2n) is 8.14. The van der Waals surface area contributed by atoms with Gasteiger partial charge in [0.05, 0.1) is 16.9 Å². The molecule has 28 heavy (non-hydrogen) atoms. The van der Waals surface area contributed by atoms with Crippen LogP contribution in [0.25, 0.3) is 0 Å². The molecular formula is C21H36N4O3. The van der Waals surface area contributed by atoms with Crippen molar-refractivity contribution in [3.8, 4) is 0 Å². The summed E-state index contributed by atoms with van der Waals surface area (Å²) >= 11 is 0. The lowest BCUT2D eigenvalue weighted by Crippen LogP contribution is -2.33. The summed E-state index contributed by atoms with van der Waals surface area (Å²) in [6.07, 6.45) is 3.22. The zero-order valence-electron chi connectivity index (χ0n) is 18.1. The molecule has 1 rings (SSSR count). The summed E-state index contributed by atoms with van der Waals surface area (Å²) in [6.45, 7) is 8.20. The number of benzene rings is 1. The topological polar surface area (TPSA) is 96.7 Å². The van der Waals surface area contributed by atoms with Crippen molar-refractivity contribution in [3.05, 3.63) is 23.8 Å². The third-order valence-electron chi connectivity index (χ3n) is 4.22. The Bertz CT molecular complexity index is 654. The number of nitrogens with zero attached hydrogens (tertiary/aromatic N) is 1. The molecule has 2 amide bonds. The van der Waals surface area contributed by atoms with E-state index in [1.165, 1.54) is 0 Å². The molecule has 0 aliphatic rings. The van der Waals surface area contributed by atoms with E-state index >= 15 is 0 Å². The molecule has 1 atom stereocenters. The van der Waals surface area contributed by atoms with E-state index in [4.69, 9.17) is 10.5 Å². The van der Waals surface area contributed by atoms with Gasteiger partial charge in [0.1, 0.15) is 5.60 Å². The molecule has 0 radical (unpaired) electrons. The zero-order valence-corrected chi connectivity index (χ0v) is 18.1.